The van der Waals surface area contributed by atoms with Gasteiger partial charge in [-0.25, -0.2) is 0 Å². The highest BCUT2D eigenvalue weighted by molar-refractivity contribution is 14.1. The average Bonchev–Trinajstić information content (AvgIpc) is 1.96. The molecule has 1 aliphatic rings. The molecule has 0 spiro atoms. The number of hydrogen-bond acceptors (Lipinski definition) is 1. The Morgan fingerprint density at radius 1 is 1.40 bits per heavy atom. The highest BCUT2D eigenvalue weighted by Gasteiger charge is 2.01. The summed E-state index contributed by atoms with van der Waals surface area (Å²) in [4.78, 5) is 0. The molecule has 1 nitrogen and oxygen atoms in total. The van der Waals surface area contributed by atoms with Crippen molar-refractivity contribution in [2.45, 2.75) is 13.8 Å². The molecule has 0 unspecified atom stereocenters. The summed E-state index contributed by atoms with van der Waals surface area (Å²) in [5.74, 6) is 0. The Labute approximate surface area is 75.7 Å². The van der Waals surface area contributed by atoms with Crippen molar-refractivity contribution < 1.29 is 0 Å². The Morgan fingerprint density at radius 3 is 2.80 bits per heavy atom. The Bertz CT molecular complexity index is 191. The highest BCUT2D eigenvalue weighted by atomic mass is 127. The van der Waals surface area contributed by atoms with Crippen molar-refractivity contribution >= 4 is 22.6 Å². The average molecular weight is 249 g/mol. The summed E-state index contributed by atoms with van der Waals surface area (Å²) in [6.45, 7) is 6.38. The summed E-state index contributed by atoms with van der Waals surface area (Å²) in [5, 5.41) is 3.34. The van der Waals surface area contributed by atoms with E-state index >= 15 is 0 Å². The van der Waals surface area contributed by atoms with Crippen molar-refractivity contribution in [2.75, 3.05) is 13.1 Å². The minimum absolute atomic E-state index is 1.03. The molecular weight excluding hydrogens is 237 g/mol. The van der Waals surface area contributed by atoms with Gasteiger partial charge in [-0.3, -0.25) is 0 Å². The molecule has 0 aromatic carbocycles. The molecule has 1 rings (SSSR count). The molecule has 1 heterocycles. The maximum Gasteiger partial charge on any atom is 0.0269 e. The van der Waals surface area contributed by atoms with Crippen LogP contribution in [0.4, 0.5) is 0 Å². The van der Waals surface area contributed by atoms with E-state index in [1.165, 1.54) is 14.7 Å². The molecule has 56 valence electrons. The van der Waals surface area contributed by atoms with Crippen molar-refractivity contribution in [1.82, 2.24) is 5.32 Å². The Balaban J connectivity index is 2.82. The molecule has 0 saturated carbocycles. The van der Waals surface area contributed by atoms with Crippen molar-refractivity contribution in [3.05, 3.63) is 20.8 Å². The summed E-state index contributed by atoms with van der Waals surface area (Å²) >= 11 is 2.39. The SMILES string of the molecule is CC1=CC(C)=C(I)CNC1. The van der Waals surface area contributed by atoms with E-state index in [9.17, 15) is 0 Å². The summed E-state index contributed by atoms with van der Waals surface area (Å²) in [7, 11) is 0. The first kappa shape index (κ1) is 8.27. The van der Waals surface area contributed by atoms with Crippen LogP contribution in [-0.4, -0.2) is 13.1 Å². The van der Waals surface area contributed by atoms with Gasteiger partial charge < -0.3 is 5.32 Å². The second kappa shape index (κ2) is 3.53. The number of allylic oxidation sites excluding steroid dienone is 2. The molecule has 0 fully saturated rings. The van der Waals surface area contributed by atoms with Gasteiger partial charge in [-0.15, -0.1) is 0 Å². The molecule has 10 heavy (non-hydrogen) atoms. The van der Waals surface area contributed by atoms with E-state index in [2.05, 4.69) is 47.8 Å². The van der Waals surface area contributed by atoms with Crippen LogP contribution in [0, 0.1) is 0 Å². The standard InChI is InChI=1S/C8H12IN/c1-6-3-7(2)8(9)5-10-4-6/h3,10H,4-5H2,1-2H3. The zero-order valence-electron chi connectivity index (χ0n) is 6.37. The number of halogens is 1. The van der Waals surface area contributed by atoms with E-state index in [1.54, 1.807) is 0 Å². The van der Waals surface area contributed by atoms with E-state index in [0.717, 1.165) is 13.1 Å². The molecule has 0 radical (unpaired) electrons. The molecule has 1 N–H and O–H groups in total. The van der Waals surface area contributed by atoms with Gasteiger partial charge in [0.25, 0.3) is 0 Å². The topological polar surface area (TPSA) is 12.0 Å². The first-order valence-corrected chi connectivity index (χ1v) is 4.51. The highest BCUT2D eigenvalue weighted by Crippen LogP contribution is 2.16. The van der Waals surface area contributed by atoms with Crippen LogP contribution in [0.3, 0.4) is 0 Å². The monoisotopic (exact) mass is 249 g/mol. The fraction of sp³-hybridized carbons (Fsp3) is 0.500. The van der Waals surface area contributed by atoms with Gasteiger partial charge in [0.1, 0.15) is 0 Å². The van der Waals surface area contributed by atoms with Crippen LogP contribution in [0.25, 0.3) is 0 Å². The lowest BCUT2D eigenvalue weighted by atomic mass is 10.2. The predicted molar refractivity (Wildman–Crippen MR) is 53.3 cm³/mol. The minimum Gasteiger partial charge on any atom is -0.308 e. The molecule has 0 amide bonds. The zero-order chi connectivity index (χ0) is 7.56. The smallest absolute Gasteiger partial charge is 0.0269 e. The molecule has 1 aliphatic heterocycles. The van der Waals surface area contributed by atoms with Crippen LogP contribution < -0.4 is 5.32 Å². The largest absolute Gasteiger partial charge is 0.308 e. The van der Waals surface area contributed by atoms with Crippen LogP contribution in [0.5, 0.6) is 0 Å². The van der Waals surface area contributed by atoms with Crippen molar-refractivity contribution in [3.8, 4) is 0 Å². The van der Waals surface area contributed by atoms with E-state index in [0.29, 0.717) is 0 Å². The third-order valence-corrected chi connectivity index (χ3v) is 2.81. The normalized spacial score (nSPS) is 20.5. The van der Waals surface area contributed by atoms with Gasteiger partial charge in [-0.2, -0.15) is 0 Å². The number of rotatable bonds is 0. The zero-order valence-corrected chi connectivity index (χ0v) is 8.53. The van der Waals surface area contributed by atoms with E-state index in [1.807, 2.05) is 0 Å². The van der Waals surface area contributed by atoms with Crippen LogP contribution in [-0.2, 0) is 0 Å². The lowest BCUT2D eigenvalue weighted by Crippen LogP contribution is -2.15. The molecule has 0 aliphatic carbocycles. The number of hydrogen-bond donors (Lipinski definition) is 1. The van der Waals surface area contributed by atoms with Crippen molar-refractivity contribution in [2.24, 2.45) is 0 Å². The summed E-state index contributed by atoms with van der Waals surface area (Å²) in [6, 6.07) is 0. The second-order valence-corrected chi connectivity index (χ2v) is 3.98. The van der Waals surface area contributed by atoms with Gasteiger partial charge in [0.15, 0.2) is 0 Å². The third kappa shape index (κ3) is 2.09. The Hall–Kier alpha value is 0.170. The van der Waals surface area contributed by atoms with Gasteiger partial charge >= 0.3 is 0 Å². The van der Waals surface area contributed by atoms with Crippen LogP contribution in [0.15, 0.2) is 20.8 Å². The van der Waals surface area contributed by atoms with E-state index in [4.69, 9.17) is 0 Å². The lowest BCUT2D eigenvalue weighted by Gasteiger charge is -1.98. The van der Waals surface area contributed by atoms with Crippen LogP contribution in [0.1, 0.15) is 13.8 Å². The molecule has 0 saturated heterocycles. The minimum atomic E-state index is 1.03. The van der Waals surface area contributed by atoms with Gasteiger partial charge in [0.2, 0.25) is 0 Å². The summed E-state index contributed by atoms with van der Waals surface area (Å²) in [5.41, 5.74) is 2.83. The molecule has 0 bridgehead atoms. The van der Waals surface area contributed by atoms with E-state index in [-0.39, 0.29) is 0 Å². The summed E-state index contributed by atoms with van der Waals surface area (Å²) < 4.78 is 1.43. The van der Waals surface area contributed by atoms with Gasteiger partial charge in [0, 0.05) is 16.7 Å². The van der Waals surface area contributed by atoms with E-state index < -0.39 is 0 Å². The molecular formula is C8H12IN. The molecule has 0 aromatic rings. The fourth-order valence-corrected chi connectivity index (χ4v) is 1.43. The molecule has 2 heteroatoms. The Kier molecular flexibility index (Phi) is 2.92. The fourth-order valence-electron chi connectivity index (χ4n) is 1.01. The predicted octanol–water partition coefficient (Wildman–Crippen LogP) is 2.24. The van der Waals surface area contributed by atoms with Gasteiger partial charge in [-0.1, -0.05) is 11.6 Å². The summed E-state index contributed by atoms with van der Waals surface area (Å²) in [6.07, 6.45) is 2.25. The molecule has 0 atom stereocenters. The van der Waals surface area contributed by atoms with Crippen LogP contribution >= 0.6 is 22.6 Å². The Morgan fingerprint density at radius 2 is 2.10 bits per heavy atom. The van der Waals surface area contributed by atoms with Gasteiger partial charge in [-0.05, 0) is 42.0 Å². The second-order valence-electron chi connectivity index (χ2n) is 2.68. The van der Waals surface area contributed by atoms with Crippen LogP contribution in [0.2, 0.25) is 0 Å². The van der Waals surface area contributed by atoms with Crippen molar-refractivity contribution in [1.29, 1.82) is 0 Å². The first-order chi connectivity index (χ1) is 4.70. The third-order valence-electron chi connectivity index (χ3n) is 1.57. The quantitative estimate of drug-likeness (QED) is 0.649. The first-order valence-electron chi connectivity index (χ1n) is 3.43. The molecule has 0 aromatic heterocycles. The number of nitrogens with one attached hydrogen (secondary N) is 1. The van der Waals surface area contributed by atoms with Gasteiger partial charge in [0.05, 0.1) is 0 Å². The lowest BCUT2D eigenvalue weighted by molar-refractivity contribution is 0.818. The van der Waals surface area contributed by atoms with Crippen molar-refractivity contribution in [3.63, 3.8) is 0 Å². The maximum atomic E-state index is 3.34. The maximum absolute atomic E-state index is 3.34.